The summed E-state index contributed by atoms with van der Waals surface area (Å²) in [6.45, 7) is 4.88. The zero-order valence-corrected chi connectivity index (χ0v) is 16.6. The second kappa shape index (κ2) is 8.66. The van der Waals surface area contributed by atoms with Crippen molar-refractivity contribution in [3.8, 4) is 0 Å². The van der Waals surface area contributed by atoms with Crippen LogP contribution < -0.4 is 5.32 Å². The molecule has 5 nitrogen and oxygen atoms in total. The third kappa shape index (κ3) is 5.30. The number of halogens is 1. The molecule has 0 bridgehead atoms. The number of benzene rings is 2. The van der Waals surface area contributed by atoms with Gasteiger partial charge < -0.3 is 5.32 Å². The van der Waals surface area contributed by atoms with Crippen molar-refractivity contribution in [1.29, 1.82) is 0 Å². The molecule has 0 aliphatic rings. The Morgan fingerprint density at radius 3 is 2.19 bits per heavy atom. The molecule has 0 radical (unpaired) electrons. The SMILES string of the molecule is CC(C)CNC(=O)c1ccc(CN(C)S(=O)(=O)c2ccc(Cl)cc2)cc1. The van der Waals surface area contributed by atoms with E-state index >= 15 is 0 Å². The first-order valence-corrected chi connectivity index (χ1v) is 10.1. The molecule has 7 heteroatoms. The molecular formula is C19H23ClN2O3S. The van der Waals surface area contributed by atoms with Crippen molar-refractivity contribution in [3.63, 3.8) is 0 Å². The number of rotatable bonds is 7. The van der Waals surface area contributed by atoms with Gasteiger partial charge in [0.15, 0.2) is 0 Å². The second-order valence-corrected chi connectivity index (χ2v) is 9.00. The minimum Gasteiger partial charge on any atom is -0.352 e. The van der Waals surface area contributed by atoms with Crippen LogP contribution in [0.5, 0.6) is 0 Å². The summed E-state index contributed by atoms with van der Waals surface area (Å²) in [5.41, 5.74) is 1.35. The number of carbonyl (C=O) groups is 1. The lowest BCUT2D eigenvalue weighted by Gasteiger charge is -2.17. The average molecular weight is 395 g/mol. The Labute approximate surface area is 160 Å². The van der Waals surface area contributed by atoms with Crippen molar-refractivity contribution >= 4 is 27.5 Å². The molecule has 0 aliphatic carbocycles. The van der Waals surface area contributed by atoms with E-state index in [1.54, 1.807) is 36.4 Å². The fraction of sp³-hybridized carbons (Fsp3) is 0.316. The Morgan fingerprint density at radius 2 is 1.65 bits per heavy atom. The Bertz CT molecular complexity index is 847. The second-order valence-electron chi connectivity index (χ2n) is 6.52. The molecule has 26 heavy (non-hydrogen) atoms. The molecular weight excluding hydrogens is 372 g/mol. The van der Waals surface area contributed by atoms with E-state index in [9.17, 15) is 13.2 Å². The third-order valence-electron chi connectivity index (χ3n) is 3.81. The first-order chi connectivity index (χ1) is 12.2. The van der Waals surface area contributed by atoms with Crippen LogP contribution in [0.25, 0.3) is 0 Å². The molecule has 2 aromatic carbocycles. The fourth-order valence-electron chi connectivity index (χ4n) is 2.29. The van der Waals surface area contributed by atoms with Gasteiger partial charge in [-0.3, -0.25) is 4.79 Å². The predicted molar refractivity (Wildman–Crippen MR) is 104 cm³/mol. The Kier molecular flexibility index (Phi) is 6.81. The third-order valence-corrected chi connectivity index (χ3v) is 5.88. The van der Waals surface area contributed by atoms with Gasteiger partial charge in [-0.1, -0.05) is 37.6 Å². The summed E-state index contributed by atoms with van der Waals surface area (Å²) in [5.74, 6) is 0.248. The normalized spacial score (nSPS) is 11.8. The Hall–Kier alpha value is -1.89. The van der Waals surface area contributed by atoms with Gasteiger partial charge in [0.2, 0.25) is 10.0 Å². The van der Waals surface area contributed by atoms with Crippen molar-refractivity contribution in [3.05, 3.63) is 64.7 Å². The quantitative estimate of drug-likeness (QED) is 0.780. The molecule has 0 unspecified atom stereocenters. The highest BCUT2D eigenvalue weighted by molar-refractivity contribution is 7.89. The number of nitrogens with zero attached hydrogens (tertiary/aromatic N) is 1. The highest BCUT2D eigenvalue weighted by atomic mass is 35.5. The Balaban J connectivity index is 2.06. The zero-order chi connectivity index (χ0) is 19.3. The summed E-state index contributed by atoms with van der Waals surface area (Å²) in [6, 6.07) is 13.0. The smallest absolute Gasteiger partial charge is 0.251 e. The molecule has 140 valence electrons. The molecule has 1 amide bonds. The fourth-order valence-corrected chi connectivity index (χ4v) is 3.57. The topological polar surface area (TPSA) is 66.5 Å². The molecule has 0 heterocycles. The maximum absolute atomic E-state index is 12.6. The van der Waals surface area contributed by atoms with Gasteiger partial charge >= 0.3 is 0 Å². The highest BCUT2D eigenvalue weighted by Gasteiger charge is 2.20. The summed E-state index contributed by atoms with van der Waals surface area (Å²) >= 11 is 5.81. The van der Waals surface area contributed by atoms with E-state index in [1.807, 2.05) is 13.8 Å². The van der Waals surface area contributed by atoms with Gasteiger partial charge in [0.1, 0.15) is 0 Å². The van der Waals surface area contributed by atoms with Gasteiger partial charge in [0, 0.05) is 30.7 Å². The van der Waals surface area contributed by atoms with Gasteiger partial charge in [0.25, 0.3) is 5.91 Å². The highest BCUT2D eigenvalue weighted by Crippen LogP contribution is 2.19. The van der Waals surface area contributed by atoms with Crippen molar-refractivity contribution in [1.82, 2.24) is 9.62 Å². The summed E-state index contributed by atoms with van der Waals surface area (Å²) in [5, 5.41) is 3.34. The molecule has 0 fully saturated rings. The summed E-state index contributed by atoms with van der Waals surface area (Å²) in [7, 11) is -2.08. The first kappa shape index (κ1) is 20.4. The van der Waals surface area contributed by atoms with Crippen LogP contribution in [0.2, 0.25) is 5.02 Å². The predicted octanol–water partition coefficient (Wildman–Crippen LogP) is 3.55. The first-order valence-electron chi connectivity index (χ1n) is 8.29. The van der Waals surface area contributed by atoms with E-state index in [2.05, 4.69) is 5.32 Å². The number of hydrogen-bond donors (Lipinski definition) is 1. The van der Waals surface area contributed by atoms with Crippen LogP contribution in [0.15, 0.2) is 53.4 Å². The van der Waals surface area contributed by atoms with Crippen molar-refractivity contribution in [2.75, 3.05) is 13.6 Å². The van der Waals surface area contributed by atoms with Crippen LogP contribution in [0.4, 0.5) is 0 Å². The average Bonchev–Trinajstić information content (AvgIpc) is 2.60. The van der Waals surface area contributed by atoms with E-state index < -0.39 is 10.0 Å². The van der Waals surface area contributed by atoms with Crippen LogP contribution in [-0.2, 0) is 16.6 Å². The van der Waals surface area contributed by atoms with Gasteiger partial charge in [-0.25, -0.2) is 8.42 Å². The molecule has 0 atom stereocenters. The monoisotopic (exact) mass is 394 g/mol. The van der Waals surface area contributed by atoms with Gasteiger partial charge in [-0.2, -0.15) is 4.31 Å². The van der Waals surface area contributed by atoms with Crippen LogP contribution in [0.1, 0.15) is 29.8 Å². The number of hydrogen-bond acceptors (Lipinski definition) is 3. The molecule has 0 aliphatic heterocycles. The number of sulfonamides is 1. The van der Waals surface area contributed by atoms with Crippen LogP contribution in [-0.4, -0.2) is 32.2 Å². The van der Waals surface area contributed by atoms with Gasteiger partial charge in [-0.15, -0.1) is 0 Å². The lowest BCUT2D eigenvalue weighted by Crippen LogP contribution is -2.27. The van der Waals surface area contributed by atoms with Crippen LogP contribution in [0.3, 0.4) is 0 Å². The zero-order valence-electron chi connectivity index (χ0n) is 15.1. The number of carbonyl (C=O) groups excluding carboxylic acids is 1. The van der Waals surface area contributed by atoms with E-state index in [1.165, 1.54) is 23.5 Å². The van der Waals surface area contributed by atoms with Gasteiger partial charge in [-0.05, 0) is 47.9 Å². The number of nitrogens with one attached hydrogen (secondary N) is 1. The van der Waals surface area contributed by atoms with Gasteiger partial charge in [0.05, 0.1) is 4.90 Å². The van der Waals surface area contributed by atoms with Crippen molar-refractivity contribution in [2.45, 2.75) is 25.3 Å². The molecule has 0 aromatic heterocycles. The van der Waals surface area contributed by atoms with E-state index in [-0.39, 0.29) is 17.3 Å². The maximum Gasteiger partial charge on any atom is 0.251 e. The number of amides is 1. The molecule has 1 N–H and O–H groups in total. The molecule has 2 aromatic rings. The molecule has 0 saturated carbocycles. The minimum absolute atomic E-state index is 0.132. The van der Waals surface area contributed by atoms with E-state index in [4.69, 9.17) is 11.6 Å². The van der Waals surface area contributed by atoms with Crippen LogP contribution >= 0.6 is 11.6 Å². The summed E-state index contributed by atoms with van der Waals surface area (Å²) in [4.78, 5) is 12.2. The van der Waals surface area contributed by atoms with Crippen LogP contribution in [0, 0.1) is 5.92 Å². The Morgan fingerprint density at radius 1 is 1.08 bits per heavy atom. The lowest BCUT2D eigenvalue weighted by molar-refractivity contribution is 0.0949. The minimum atomic E-state index is -3.60. The maximum atomic E-state index is 12.6. The van der Waals surface area contributed by atoms with Crippen molar-refractivity contribution < 1.29 is 13.2 Å². The lowest BCUT2D eigenvalue weighted by atomic mass is 10.1. The molecule has 0 saturated heterocycles. The van der Waals surface area contributed by atoms with E-state index in [0.717, 1.165) is 5.56 Å². The molecule has 0 spiro atoms. The standard InChI is InChI=1S/C19H23ClN2O3S/c1-14(2)12-21-19(23)16-6-4-15(5-7-16)13-22(3)26(24,25)18-10-8-17(20)9-11-18/h4-11,14H,12-13H2,1-3H3,(H,21,23). The largest absolute Gasteiger partial charge is 0.352 e. The van der Waals surface area contributed by atoms with E-state index in [0.29, 0.717) is 23.0 Å². The molecule has 2 rings (SSSR count). The van der Waals surface area contributed by atoms with Crippen molar-refractivity contribution in [2.24, 2.45) is 5.92 Å². The summed E-state index contributed by atoms with van der Waals surface area (Å²) in [6.07, 6.45) is 0. The summed E-state index contributed by atoms with van der Waals surface area (Å²) < 4.78 is 26.4.